The van der Waals surface area contributed by atoms with Gasteiger partial charge >= 0.3 is 0 Å². The Morgan fingerprint density at radius 1 is 1.50 bits per heavy atom. The van der Waals surface area contributed by atoms with Gasteiger partial charge in [0.1, 0.15) is 0 Å². The van der Waals surface area contributed by atoms with Gasteiger partial charge in [0.05, 0.1) is 6.61 Å². The van der Waals surface area contributed by atoms with Crippen molar-refractivity contribution >= 4 is 13.5 Å². The van der Waals surface area contributed by atoms with Crippen molar-refractivity contribution in [3.8, 4) is 0 Å². The normalized spacial score (nSPS) is 5.00. The summed E-state index contributed by atoms with van der Waals surface area (Å²) in [6, 6.07) is 0. The van der Waals surface area contributed by atoms with Gasteiger partial charge in [-0.3, -0.25) is 0 Å². The zero-order valence-electron chi connectivity index (χ0n) is 3.15. The summed E-state index contributed by atoms with van der Waals surface area (Å²) in [5.41, 5.74) is 4.78. The molecule has 2 nitrogen and oxygen atoms in total. The molecule has 0 aromatic carbocycles. The minimum Gasteiger partial charge on any atom is -0.395 e. The number of hydrogen-bond donors (Lipinski definition) is 2. The van der Waals surface area contributed by atoms with E-state index in [-0.39, 0.29) is 37.2 Å². The van der Waals surface area contributed by atoms with Gasteiger partial charge in [-0.2, -0.15) is 0 Å². The quantitative estimate of drug-likeness (QED) is 0.507. The molecular weight excluding hydrogens is 150 g/mol. The molecule has 0 aliphatic heterocycles. The van der Waals surface area contributed by atoms with Crippen molar-refractivity contribution in [3.05, 3.63) is 0 Å². The molecule has 0 aromatic heterocycles. The Hall–Kier alpha value is 0.789. The molecule has 3 radical (unpaired) electrons. The monoisotopic (exact) mass is 156 g/mol. The zero-order valence-corrected chi connectivity index (χ0v) is 4.91. The average Bonchev–Trinajstić information content (AvgIpc) is 1.37. The maximum Gasteiger partial charge on any atom is 0.0553 e. The molecule has 0 amide bonds. The SMILES string of the molecule is NCCO.[Cu].[S]. The van der Waals surface area contributed by atoms with Gasteiger partial charge in [0.15, 0.2) is 0 Å². The summed E-state index contributed by atoms with van der Waals surface area (Å²) in [5, 5.41) is 7.75. The molecule has 0 bridgehead atoms. The minimum absolute atomic E-state index is 0. The molecule has 0 saturated carbocycles. The number of aliphatic hydroxyl groups is 1. The summed E-state index contributed by atoms with van der Waals surface area (Å²) in [6.45, 7) is 0.472. The smallest absolute Gasteiger partial charge is 0.0553 e. The van der Waals surface area contributed by atoms with Crippen LogP contribution in [0.2, 0.25) is 0 Å². The average molecular weight is 157 g/mol. The van der Waals surface area contributed by atoms with E-state index >= 15 is 0 Å². The molecule has 0 aromatic rings. The molecule has 0 spiro atoms. The Labute approximate surface area is 55.0 Å². The summed E-state index contributed by atoms with van der Waals surface area (Å²) >= 11 is 0. The van der Waals surface area contributed by atoms with Crippen LogP contribution >= 0.6 is 13.5 Å². The molecular formula is C2H7CuNOS. The molecule has 0 atom stereocenters. The Balaban J connectivity index is -0.0000000450. The predicted octanol–water partition coefficient (Wildman–Crippen LogP) is -0.417. The van der Waals surface area contributed by atoms with Crippen LogP contribution < -0.4 is 5.73 Å². The fourth-order valence-corrected chi connectivity index (χ4v) is 0. The molecule has 0 fully saturated rings. The maximum absolute atomic E-state index is 7.75. The Bertz CT molecular complexity index is 15.5. The first-order valence-corrected chi connectivity index (χ1v) is 1.22. The van der Waals surface area contributed by atoms with Crippen molar-refractivity contribution in [2.75, 3.05) is 13.2 Å². The van der Waals surface area contributed by atoms with E-state index in [1.54, 1.807) is 0 Å². The molecule has 3 N–H and O–H groups in total. The fraction of sp³-hybridized carbons (Fsp3) is 1.00. The van der Waals surface area contributed by atoms with E-state index in [4.69, 9.17) is 10.8 Å². The largest absolute Gasteiger partial charge is 0.395 e. The topological polar surface area (TPSA) is 46.2 Å². The molecule has 0 heterocycles. The van der Waals surface area contributed by atoms with Gasteiger partial charge in [-0.1, -0.05) is 0 Å². The number of rotatable bonds is 1. The standard InChI is InChI=1S/C2H7NO.Cu.S/c3-1-2-4;;/h4H,1-3H2;;. The second kappa shape index (κ2) is 17.1. The van der Waals surface area contributed by atoms with Crippen molar-refractivity contribution in [3.63, 3.8) is 0 Å². The first-order chi connectivity index (χ1) is 1.91. The van der Waals surface area contributed by atoms with Crippen LogP contribution in [0.25, 0.3) is 0 Å². The molecule has 43 valence electrons. The van der Waals surface area contributed by atoms with Crippen LogP contribution in [0.4, 0.5) is 0 Å². The van der Waals surface area contributed by atoms with Crippen LogP contribution in [0.5, 0.6) is 0 Å². The van der Waals surface area contributed by atoms with Crippen molar-refractivity contribution in [1.82, 2.24) is 0 Å². The maximum atomic E-state index is 7.75. The number of hydrogen-bond acceptors (Lipinski definition) is 2. The van der Waals surface area contributed by atoms with Gasteiger partial charge in [0.25, 0.3) is 0 Å². The van der Waals surface area contributed by atoms with Crippen LogP contribution in [0, 0.1) is 0 Å². The van der Waals surface area contributed by atoms with Crippen molar-refractivity contribution in [2.24, 2.45) is 5.73 Å². The third kappa shape index (κ3) is 21.5. The van der Waals surface area contributed by atoms with Gasteiger partial charge in [0, 0.05) is 37.1 Å². The van der Waals surface area contributed by atoms with Gasteiger partial charge in [-0.05, 0) is 0 Å². The van der Waals surface area contributed by atoms with Gasteiger partial charge in [-0.15, -0.1) is 0 Å². The third-order valence-corrected chi connectivity index (χ3v) is 0.129. The Kier molecular flexibility index (Phi) is 45.1. The number of nitrogens with two attached hydrogens (primary N) is 1. The van der Waals surface area contributed by atoms with Crippen LogP contribution in [0.3, 0.4) is 0 Å². The van der Waals surface area contributed by atoms with Crippen LogP contribution in [-0.2, 0) is 17.1 Å². The third-order valence-electron chi connectivity index (χ3n) is 0.129. The second-order valence-corrected chi connectivity index (χ2v) is 0.512. The number of aliphatic hydroxyl groups excluding tert-OH is 1. The second-order valence-electron chi connectivity index (χ2n) is 0.512. The van der Waals surface area contributed by atoms with Gasteiger partial charge in [0.2, 0.25) is 0 Å². The van der Waals surface area contributed by atoms with E-state index < -0.39 is 0 Å². The van der Waals surface area contributed by atoms with E-state index in [1.165, 1.54) is 0 Å². The van der Waals surface area contributed by atoms with Crippen LogP contribution in [-0.4, -0.2) is 18.3 Å². The van der Waals surface area contributed by atoms with E-state index in [9.17, 15) is 0 Å². The van der Waals surface area contributed by atoms with E-state index in [0.29, 0.717) is 6.54 Å². The summed E-state index contributed by atoms with van der Waals surface area (Å²) in [6.07, 6.45) is 0. The predicted molar refractivity (Wildman–Crippen MR) is 23.7 cm³/mol. The summed E-state index contributed by atoms with van der Waals surface area (Å²) in [5.74, 6) is 0. The molecule has 6 heavy (non-hydrogen) atoms. The van der Waals surface area contributed by atoms with E-state index in [0.717, 1.165) is 0 Å². The molecule has 0 unspecified atom stereocenters. The molecule has 0 saturated heterocycles. The van der Waals surface area contributed by atoms with E-state index in [1.807, 2.05) is 0 Å². The first kappa shape index (κ1) is 15.8. The Morgan fingerprint density at radius 3 is 1.67 bits per heavy atom. The fourth-order valence-electron chi connectivity index (χ4n) is 0. The summed E-state index contributed by atoms with van der Waals surface area (Å²) in [4.78, 5) is 0. The first-order valence-electron chi connectivity index (χ1n) is 1.22. The summed E-state index contributed by atoms with van der Waals surface area (Å²) in [7, 11) is 0. The van der Waals surface area contributed by atoms with Crippen molar-refractivity contribution in [2.45, 2.75) is 0 Å². The molecule has 0 aliphatic rings. The summed E-state index contributed by atoms with van der Waals surface area (Å²) < 4.78 is 0. The van der Waals surface area contributed by atoms with Gasteiger partial charge < -0.3 is 10.8 Å². The van der Waals surface area contributed by atoms with Crippen LogP contribution in [0.1, 0.15) is 0 Å². The minimum atomic E-state index is 0. The van der Waals surface area contributed by atoms with Crippen LogP contribution in [0.15, 0.2) is 0 Å². The Morgan fingerprint density at radius 2 is 1.67 bits per heavy atom. The van der Waals surface area contributed by atoms with Crippen molar-refractivity contribution in [1.29, 1.82) is 0 Å². The molecule has 0 rings (SSSR count). The molecule has 4 heteroatoms. The van der Waals surface area contributed by atoms with Crippen molar-refractivity contribution < 1.29 is 22.2 Å². The van der Waals surface area contributed by atoms with Gasteiger partial charge in [-0.25, -0.2) is 0 Å². The molecule has 0 aliphatic carbocycles. The van der Waals surface area contributed by atoms with E-state index in [2.05, 4.69) is 0 Å². The zero-order chi connectivity index (χ0) is 3.41.